The SMILES string of the molecule is Cc1nc2ccc(C(=O)NCCn3ccnc3C)cc2s1. The number of imidazole rings is 1. The molecule has 0 fully saturated rings. The van der Waals surface area contributed by atoms with Crippen LogP contribution in [-0.2, 0) is 6.54 Å². The Morgan fingerprint density at radius 2 is 2.24 bits per heavy atom. The lowest BCUT2D eigenvalue weighted by molar-refractivity contribution is 0.0952. The Morgan fingerprint density at radius 3 is 3.00 bits per heavy atom. The van der Waals surface area contributed by atoms with Gasteiger partial charge in [-0.15, -0.1) is 11.3 Å². The Kier molecular flexibility index (Phi) is 3.70. The van der Waals surface area contributed by atoms with Gasteiger partial charge in [0.1, 0.15) is 5.82 Å². The number of hydrogen-bond donors (Lipinski definition) is 1. The van der Waals surface area contributed by atoms with Crippen LogP contribution in [0.2, 0.25) is 0 Å². The molecule has 5 nitrogen and oxygen atoms in total. The van der Waals surface area contributed by atoms with Gasteiger partial charge in [-0.1, -0.05) is 0 Å². The number of benzene rings is 1. The lowest BCUT2D eigenvalue weighted by Gasteiger charge is -2.07. The fourth-order valence-electron chi connectivity index (χ4n) is 2.21. The van der Waals surface area contributed by atoms with Gasteiger partial charge in [0.2, 0.25) is 0 Å². The predicted octanol–water partition coefficient (Wildman–Crippen LogP) is 2.54. The van der Waals surface area contributed by atoms with Gasteiger partial charge >= 0.3 is 0 Å². The van der Waals surface area contributed by atoms with Crippen molar-refractivity contribution in [2.45, 2.75) is 20.4 Å². The molecule has 0 bridgehead atoms. The van der Waals surface area contributed by atoms with E-state index in [0.717, 1.165) is 27.6 Å². The predicted molar refractivity (Wildman–Crippen MR) is 83.7 cm³/mol. The molecule has 0 aliphatic carbocycles. The van der Waals surface area contributed by atoms with Crippen LogP contribution in [0.5, 0.6) is 0 Å². The van der Waals surface area contributed by atoms with Crippen molar-refractivity contribution in [1.82, 2.24) is 19.9 Å². The molecule has 0 aliphatic heterocycles. The summed E-state index contributed by atoms with van der Waals surface area (Å²) in [6.07, 6.45) is 3.67. The number of rotatable bonds is 4. The van der Waals surface area contributed by atoms with Gasteiger partial charge in [-0.2, -0.15) is 0 Å². The molecule has 108 valence electrons. The van der Waals surface area contributed by atoms with Crippen molar-refractivity contribution in [3.63, 3.8) is 0 Å². The minimum Gasteiger partial charge on any atom is -0.350 e. The van der Waals surface area contributed by atoms with Crippen molar-refractivity contribution in [1.29, 1.82) is 0 Å². The summed E-state index contributed by atoms with van der Waals surface area (Å²) in [5, 5.41) is 3.94. The molecule has 0 spiro atoms. The summed E-state index contributed by atoms with van der Waals surface area (Å²) in [6, 6.07) is 5.62. The molecule has 1 amide bonds. The van der Waals surface area contributed by atoms with E-state index in [2.05, 4.69) is 15.3 Å². The molecule has 1 aromatic carbocycles. The number of nitrogens with zero attached hydrogens (tertiary/aromatic N) is 3. The lowest BCUT2D eigenvalue weighted by atomic mass is 10.2. The second-order valence-electron chi connectivity index (χ2n) is 4.84. The zero-order valence-corrected chi connectivity index (χ0v) is 12.8. The maximum atomic E-state index is 12.2. The van der Waals surface area contributed by atoms with E-state index in [0.29, 0.717) is 12.1 Å². The fraction of sp³-hybridized carbons (Fsp3) is 0.267. The maximum absolute atomic E-state index is 12.2. The van der Waals surface area contributed by atoms with E-state index in [1.54, 1.807) is 17.5 Å². The normalized spacial score (nSPS) is 11.0. The van der Waals surface area contributed by atoms with E-state index in [-0.39, 0.29) is 5.91 Å². The molecule has 3 aromatic rings. The van der Waals surface area contributed by atoms with E-state index in [1.165, 1.54) is 0 Å². The highest BCUT2D eigenvalue weighted by atomic mass is 32.1. The van der Waals surface area contributed by atoms with E-state index >= 15 is 0 Å². The standard InChI is InChI=1S/C15H16N4OS/c1-10-16-5-7-19(10)8-6-17-15(20)12-3-4-13-14(9-12)21-11(2)18-13/h3-5,7,9H,6,8H2,1-2H3,(H,17,20). The number of aromatic nitrogens is 3. The molecule has 21 heavy (non-hydrogen) atoms. The second kappa shape index (κ2) is 5.65. The summed E-state index contributed by atoms with van der Waals surface area (Å²) in [7, 11) is 0. The summed E-state index contributed by atoms with van der Waals surface area (Å²) in [5.74, 6) is 0.895. The molecule has 2 heterocycles. The Hall–Kier alpha value is -2.21. The minimum absolute atomic E-state index is 0.0549. The highest BCUT2D eigenvalue weighted by Gasteiger charge is 2.08. The van der Waals surface area contributed by atoms with Crippen LogP contribution in [0.25, 0.3) is 10.2 Å². The average Bonchev–Trinajstić information content (AvgIpc) is 3.02. The molecule has 0 aliphatic rings. The van der Waals surface area contributed by atoms with Gasteiger partial charge in [0.15, 0.2) is 0 Å². The molecule has 0 unspecified atom stereocenters. The van der Waals surface area contributed by atoms with E-state index in [9.17, 15) is 4.79 Å². The van der Waals surface area contributed by atoms with Crippen molar-refractivity contribution in [3.8, 4) is 0 Å². The monoisotopic (exact) mass is 300 g/mol. The Morgan fingerprint density at radius 1 is 1.38 bits per heavy atom. The molecule has 1 N–H and O–H groups in total. The number of aryl methyl sites for hydroxylation is 2. The van der Waals surface area contributed by atoms with Crippen molar-refractivity contribution in [2.24, 2.45) is 0 Å². The number of fused-ring (bicyclic) bond motifs is 1. The number of amides is 1. The van der Waals surface area contributed by atoms with Crippen LogP contribution in [0.4, 0.5) is 0 Å². The van der Waals surface area contributed by atoms with Gasteiger partial charge < -0.3 is 9.88 Å². The van der Waals surface area contributed by atoms with Gasteiger partial charge in [0.05, 0.1) is 15.2 Å². The largest absolute Gasteiger partial charge is 0.350 e. The third kappa shape index (κ3) is 2.95. The maximum Gasteiger partial charge on any atom is 0.251 e. The Bertz CT molecular complexity index is 790. The summed E-state index contributed by atoms with van der Waals surface area (Å²) in [5.41, 5.74) is 1.62. The summed E-state index contributed by atoms with van der Waals surface area (Å²) in [6.45, 7) is 5.22. The number of nitrogens with one attached hydrogen (secondary N) is 1. The minimum atomic E-state index is -0.0549. The molecule has 0 atom stereocenters. The van der Waals surface area contributed by atoms with Crippen molar-refractivity contribution in [3.05, 3.63) is 47.0 Å². The van der Waals surface area contributed by atoms with E-state index in [1.807, 2.05) is 42.8 Å². The summed E-state index contributed by atoms with van der Waals surface area (Å²) < 4.78 is 3.06. The van der Waals surface area contributed by atoms with Crippen LogP contribution < -0.4 is 5.32 Å². The van der Waals surface area contributed by atoms with Crippen LogP contribution in [0.3, 0.4) is 0 Å². The van der Waals surface area contributed by atoms with Gasteiger partial charge in [-0.05, 0) is 32.0 Å². The van der Waals surface area contributed by atoms with Crippen molar-refractivity contribution < 1.29 is 4.79 Å². The topological polar surface area (TPSA) is 59.8 Å². The third-order valence-electron chi connectivity index (χ3n) is 3.32. The molecule has 0 saturated carbocycles. The highest BCUT2D eigenvalue weighted by molar-refractivity contribution is 7.18. The fourth-order valence-corrected chi connectivity index (χ4v) is 3.08. The van der Waals surface area contributed by atoms with Crippen molar-refractivity contribution >= 4 is 27.5 Å². The van der Waals surface area contributed by atoms with Crippen LogP contribution in [0, 0.1) is 13.8 Å². The Labute approximate surface area is 126 Å². The number of carbonyl (C=O) groups is 1. The molecule has 0 saturated heterocycles. The van der Waals surface area contributed by atoms with Gasteiger partial charge in [-0.3, -0.25) is 4.79 Å². The van der Waals surface area contributed by atoms with Gasteiger partial charge in [0.25, 0.3) is 5.91 Å². The molecular formula is C15H16N4OS. The quantitative estimate of drug-likeness (QED) is 0.805. The van der Waals surface area contributed by atoms with Gasteiger partial charge in [0, 0.05) is 31.0 Å². The number of thiazole rings is 1. The first kappa shape index (κ1) is 13.8. The highest BCUT2D eigenvalue weighted by Crippen LogP contribution is 2.22. The van der Waals surface area contributed by atoms with Crippen LogP contribution >= 0.6 is 11.3 Å². The van der Waals surface area contributed by atoms with Crippen LogP contribution in [-0.4, -0.2) is 27.0 Å². The molecule has 0 radical (unpaired) electrons. The first-order valence-corrected chi connectivity index (χ1v) is 7.58. The molecular weight excluding hydrogens is 284 g/mol. The molecule has 2 aromatic heterocycles. The van der Waals surface area contributed by atoms with Gasteiger partial charge in [-0.25, -0.2) is 9.97 Å². The molecule has 6 heteroatoms. The first-order chi connectivity index (χ1) is 10.1. The number of hydrogen-bond acceptors (Lipinski definition) is 4. The smallest absolute Gasteiger partial charge is 0.251 e. The van der Waals surface area contributed by atoms with Crippen LogP contribution in [0.15, 0.2) is 30.6 Å². The zero-order valence-electron chi connectivity index (χ0n) is 12.0. The molecule has 3 rings (SSSR count). The summed E-state index contributed by atoms with van der Waals surface area (Å²) in [4.78, 5) is 20.7. The zero-order chi connectivity index (χ0) is 14.8. The Balaban J connectivity index is 1.65. The third-order valence-corrected chi connectivity index (χ3v) is 4.25. The van der Waals surface area contributed by atoms with E-state index in [4.69, 9.17) is 0 Å². The first-order valence-electron chi connectivity index (χ1n) is 6.76. The summed E-state index contributed by atoms with van der Waals surface area (Å²) >= 11 is 1.60. The van der Waals surface area contributed by atoms with E-state index < -0.39 is 0 Å². The average molecular weight is 300 g/mol. The number of carbonyl (C=O) groups excluding carboxylic acids is 1. The second-order valence-corrected chi connectivity index (χ2v) is 6.07. The lowest BCUT2D eigenvalue weighted by Crippen LogP contribution is -2.27. The van der Waals surface area contributed by atoms with Crippen LogP contribution in [0.1, 0.15) is 21.2 Å². The van der Waals surface area contributed by atoms with Crippen molar-refractivity contribution in [2.75, 3.05) is 6.54 Å².